The van der Waals surface area contributed by atoms with Gasteiger partial charge in [-0.2, -0.15) is 0 Å². The second-order valence-electron chi connectivity index (χ2n) is 2.90. The van der Waals surface area contributed by atoms with E-state index in [0.29, 0.717) is 0 Å². The smallest absolute Gasteiger partial charge is 1.00 e. The SMILES string of the molecule is C=CCCC1=[C]([Zr+2])C(C)=CC1.[Cl-].[Cl-]. The maximum absolute atomic E-state index is 3.73. The number of halogens is 2. The Hall–Kier alpha value is 0.683. The molecule has 0 aromatic carbocycles. The first-order valence-corrected chi connectivity index (χ1v) is 5.20. The predicted octanol–water partition coefficient (Wildman–Crippen LogP) is -2.89. The molecule has 0 saturated heterocycles. The van der Waals surface area contributed by atoms with Crippen molar-refractivity contribution in [1.82, 2.24) is 0 Å². The molecule has 13 heavy (non-hydrogen) atoms. The van der Waals surface area contributed by atoms with Crippen LogP contribution in [0.3, 0.4) is 0 Å². The van der Waals surface area contributed by atoms with Gasteiger partial charge in [-0.1, -0.05) is 0 Å². The molecule has 71 valence electrons. The van der Waals surface area contributed by atoms with E-state index in [9.17, 15) is 0 Å². The molecule has 0 aromatic heterocycles. The Bertz CT molecular complexity index is 229. The fourth-order valence-electron chi connectivity index (χ4n) is 1.26. The van der Waals surface area contributed by atoms with Crippen LogP contribution in [0.2, 0.25) is 0 Å². The first kappa shape index (κ1) is 16.1. The molecule has 0 radical (unpaired) electrons. The third kappa shape index (κ3) is 4.63. The Labute approximate surface area is 108 Å². The molecular formula is C10H13Cl2Zr. The molecule has 0 atom stereocenters. The van der Waals surface area contributed by atoms with Gasteiger partial charge in [0.15, 0.2) is 0 Å². The average Bonchev–Trinajstić information content (AvgIpc) is 2.31. The van der Waals surface area contributed by atoms with E-state index in [4.69, 9.17) is 0 Å². The van der Waals surface area contributed by atoms with E-state index in [0.717, 1.165) is 6.42 Å². The molecule has 0 saturated carbocycles. The van der Waals surface area contributed by atoms with E-state index in [2.05, 4.69) is 19.6 Å². The predicted molar refractivity (Wildman–Crippen MR) is 44.8 cm³/mol. The fraction of sp³-hybridized carbons (Fsp3) is 0.400. The van der Waals surface area contributed by atoms with Gasteiger partial charge < -0.3 is 24.8 Å². The van der Waals surface area contributed by atoms with Crippen molar-refractivity contribution in [1.29, 1.82) is 0 Å². The van der Waals surface area contributed by atoms with Gasteiger partial charge >= 0.3 is 84.1 Å². The van der Waals surface area contributed by atoms with Crippen molar-refractivity contribution in [3.05, 3.63) is 33.2 Å². The van der Waals surface area contributed by atoms with Gasteiger partial charge in [0.1, 0.15) is 0 Å². The molecule has 0 N–H and O–H groups in total. The molecule has 0 nitrogen and oxygen atoms in total. The van der Waals surface area contributed by atoms with E-state index in [1.807, 2.05) is 6.08 Å². The van der Waals surface area contributed by atoms with Crippen molar-refractivity contribution in [2.75, 3.05) is 0 Å². The van der Waals surface area contributed by atoms with Crippen molar-refractivity contribution >= 4 is 0 Å². The third-order valence-corrected chi connectivity index (χ3v) is 3.89. The minimum Gasteiger partial charge on any atom is -1.00 e. The van der Waals surface area contributed by atoms with E-state index in [-0.39, 0.29) is 24.8 Å². The van der Waals surface area contributed by atoms with Gasteiger partial charge in [0.2, 0.25) is 0 Å². The van der Waals surface area contributed by atoms with Crippen LogP contribution >= 0.6 is 0 Å². The van der Waals surface area contributed by atoms with Crippen LogP contribution in [0, 0.1) is 0 Å². The molecule has 0 unspecified atom stereocenters. The zero-order valence-corrected chi connectivity index (χ0v) is 11.7. The Morgan fingerprint density at radius 2 is 2.15 bits per heavy atom. The molecule has 0 amide bonds. The summed E-state index contributed by atoms with van der Waals surface area (Å²) in [5.41, 5.74) is 3.14. The van der Waals surface area contributed by atoms with Crippen LogP contribution in [-0.2, 0) is 24.7 Å². The van der Waals surface area contributed by atoms with Crippen LogP contribution in [0.25, 0.3) is 0 Å². The van der Waals surface area contributed by atoms with Crippen LogP contribution in [0.15, 0.2) is 33.2 Å². The molecule has 0 aliphatic heterocycles. The zero-order chi connectivity index (χ0) is 8.27. The Morgan fingerprint density at radius 1 is 1.54 bits per heavy atom. The molecule has 1 aliphatic carbocycles. The summed E-state index contributed by atoms with van der Waals surface area (Å²) >= 11 is 1.57. The van der Waals surface area contributed by atoms with Gasteiger partial charge in [-0.3, -0.25) is 0 Å². The first-order chi connectivity index (χ1) is 5.25. The molecule has 0 fully saturated rings. The van der Waals surface area contributed by atoms with Gasteiger partial charge in [-0.15, -0.1) is 0 Å². The first-order valence-electron chi connectivity index (χ1n) is 3.97. The standard InChI is InChI=1S/C10H13.2ClH.Zr/c1-3-4-5-10-7-6-9(2)8-10;;;/h3,6H,1,4-5,7H2,2H3;2*1H;/q;;;+2/p-2. The van der Waals surface area contributed by atoms with E-state index < -0.39 is 0 Å². The third-order valence-electron chi connectivity index (χ3n) is 2.05. The van der Waals surface area contributed by atoms with Crippen LogP contribution in [0.4, 0.5) is 0 Å². The van der Waals surface area contributed by atoms with Gasteiger partial charge in [0.05, 0.1) is 0 Å². The average molecular weight is 295 g/mol. The van der Waals surface area contributed by atoms with Gasteiger partial charge in [-0.05, 0) is 0 Å². The van der Waals surface area contributed by atoms with Crippen LogP contribution < -0.4 is 24.8 Å². The fourth-order valence-corrected chi connectivity index (χ4v) is 2.07. The van der Waals surface area contributed by atoms with Crippen LogP contribution in [0.5, 0.6) is 0 Å². The number of allylic oxidation sites excluding steroid dienone is 5. The summed E-state index contributed by atoms with van der Waals surface area (Å²) in [6.07, 6.45) is 7.89. The summed E-state index contributed by atoms with van der Waals surface area (Å²) in [6, 6.07) is 0. The van der Waals surface area contributed by atoms with Crippen molar-refractivity contribution in [2.24, 2.45) is 0 Å². The Kier molecular flexibility index (Phi) is 9.96. The van der Waals surface area contributed by atoms with E-state index in [1.165, 1.54) is 18.4 Å². The normalized spacial score (nSPS) is 14.5. The second-order valence-corrected chi connectivity index (χ2v) is 4.13. The van der Waals surface area contributed by atoms with Gasteiger partial charge in [0.25, 0.3) is 0 Å². The molecule has 1 aliphatic rings. The van der Waals surface area contributed by atoms with Crippen molar-refractivity contribution in [2.45, 2.75) is 26.2 Å². The monoisotopic (exact) mass is 293 g/mol. The molecule has 0 aromatic rings. The van der Waals surface area contributed by atoms with Crippen molar-refractivity contribution in [3.8, 4) is 0 Å². The van der Waals surface area contributed by atoms with Gasteiger partial charge in [-0.25, -0.2) is 0 Å². The molecule has 0 heterocycles. The number of rotatable bonds is 3. The maximum atomic E-state index is 3.73. The van der Waals surface area contributed by atoms with Gasteiger partial charge in [0, 0.05) is 0 Å². The zero-order valence-electron chi connectivity index (χ0n) is 7.74. The number of hydrogen-bond acceptors (Lipinski definition) is 0. The largest absolute Gasteiger partial charge is 1.00 e. The Balaban J connectivity index is 0. The summed E-state index contributed by atoms with van der Waals surface area (Å²) in [5.74, 6) is 0. The molecule has 1 rings (SSSR count). The quantitative estimate of drug-likeness (QED) is 0.491. The van der Waals surface area contributed by atoms with Crippen molar-refractivity contribution < 1.29 is 49.5 Å². The molecule has 0 bridgehead atoms. The minimum atomic E-state index is 0. The summed E-state index contributed by atoms with van der Waals surface area (Å²) in [5, 5.41) is 0. The summed E-state index contributed by atoms with van der Waals surface area (Å²) < 4.78 is 1.60. The number of hydrogen-bond donors (Lipinski definition) is 0. The van der Waals surface area contributed by atoms with Crippen molar-refractivity contribution in [3.63, 3.8) is 0 Å². The van der Waals surface area contributed by atoms with Crippen LogP contribution in [0.1, 0.15) is 26.2 Å². The van der Waals surface area contributed by atoms with E-state index in [1.54, 1.807) is 33.6 Å². The summed E-state index contributed by atoms with van der Waals surface area (Å²) in [7, 11) is 0. The topological polar surface area (TPSA) is 0 Å². The Morgan fingerprint density at radius 3 is 2.54 bits per heavy atom. The molecule has 3 heteroatoms. The maximum Gasteiger partial charge on any atom is -1.00 e. The minimum absolute atomic E-state index is 0. The molecule has 0 spiro atoms. The summed E-state index contributed by atoms with van der Waals surface area (Å²) in [4.78, 5) is 0. The summed E-state index contributed by atoms with van der Waals surface area (Å²) in [6.45, 7) is 5.95. The molecular weight excluding hydrogens is 282 g/mol. The van der Waals surface area contributed by atoms with E-state index >= 15 is 0 Å². The van der Waals surface area contributed by atoms with Crippen LogP contribution in [-0.4, -0.2) is 0 Å². The second kappa shape index (κ2) is 8.03.